The number of aliphatic hydroxyl groups excluding tert-OH is 1. The average molecular weight is 261 g/mol. The van der Waals surface area contributed by atoms with Gasteiger partial charge in [-0.25, -0.2) is 4.79 Å². The Labute approximate surface area is 113 Å². The first-order chi connectivity index (χ1) is 9.18. The molecule has 0 bridgehead atoms. The second-order valence-electron chi connectivity index (χ2n) is 5.49. The number of hydrogen-bond acceptors (Lipinski definition) is 3. The maximum absolute atomic E-state index is 12.2. The number of benzene rings is 1. The van der Waals surface area contributed by atoms with E-state index in [9.17, 15) is 9.90 Å². The number of fused-ring (bicyclic) bond motifs is 1. The molecule has 1 aromatic rings. The fraction of sp³-hybridized carbons (Fsp3) is 0.533. The minimum atomic E-state index is -0.400. The SMILES string of the molecule is CC1C(O)[C@H]2CC[C@H]2N1C(=O)OCc1ccccc1. The maximum atomic E-state index is 12.2. The molecule has 4 heteroatoms. The van der Waals surface area contributed by atoms with Gasteiger partial charge < -0.3 is 9.84 Å². The summed E-state index contributed by atoms with van der Waals surface area (Å²) in [5.74, 6) is 0.249. The van der Waals surface area contributed by atoms with E-state index in [1.807, 2.05) is 37.3 Å². The summed E-state index contributed by atoms with van der Waals surface area (Å²) in [7, 11) is 0. The Balaban J connectivity index is 1.62. The van der Waals surface area contributed by atoms with Gasteiger partial charge >= 0.3 is 6.09 Å². The summed E-state index contributed by atoms with van der Waals surface area (Å²) in [6.45, 7) is 2.18. The average Bonchev–Trinajstić information content (AvgIpc) is 2.56. The normalized spacial score (nSPS) is 32.6. The van der Waals surface area contributed by atoms with E-state index < -0.39 is 6.10 Å². The minimum absolute atomic E-state index is 0.138. The van der Waals surface area contributed by atoms with Crippen molar-refractivity contribution in [1.29, 1.82) is 0 Å². The van der Waals surface area contributed by atoms with E-state index in [-0.39, 0.29) is 30.7 Å². The first-order valence-electron chi connectivity index (χ1n) is 6.85. The van der Waals surface area contributed by atoms with Gasteiger partial charge in [-0.3, -0.25) is 4.90 Å². The molecule has 2 unspecified atom stereocenters. The Morgan fingerprint density at radius 3 is 2.68 bits per heavy atom. The highest BCUT2D eigenvalue weighted by Gasteiger charge is 2.53. The molecule has 2 fully saturated rings. The zero-order chi connectivity index (χ0) is 13.4. The van der Waals surface area contributed by atoms with Crippen LogP contribution in [0.2, 0.25) is 0 Å². The first kappa shape index (κ1) is 12.5. The number of aliphatic hydroxyl groups is 1. The van der Waals surface area contributed by atoms with Gasteiger partial charge in [0.25, 0.3) is 0 Å². The molecule has 3 rings (SSSR count). The third-order valence-corrected chi connectivity index (χ3v) is 4.43. The lowest BCUT2D eigenvalue weighted by atomic mass is 9.78. The monoisotopic (exact) mass is 261 g/mol. The zero-order valence-corrected chi connectivity index (χ0v) is 11.0. The summed E-state index contributed by atoms with van der Waals surface area (Å²) in [5, 5.41) is 10.0. The van der Waals surface area contributed by atoms with Crippen LogP contribution in [0, 0.1) is 5.92 Å². The summed E-state index contributed by atoms with van der Waals surface area (Å²) in [6, 6.07) is 9.68. The van der Waals surface area contributed by atoms with Crippen molar-refractivity contribution in [2.75, 3.05) is 0 Å². The second-order valence-corrected chi connectivity index (χ2v) is 5.49. The predicted octanol–water partition coefficient (Wildman–Crippen LogP) is 2.17. The number of ether oxygens (including phenoxy) is 1. The number of nitrogens with zero attached hydrogens (tertiary/aromatic N) is 1. The largest absolute Gasteiger partial charge is 0.445 e. The zero-order valence-electron chi connectivity index (χ0n) is 11.0. The second kappa shape index (κ2) is 4.85. The fourth-order valence-corrected chi connectivity index (χ4v) is 3.17. The molecule has 102 valence electrons. The molecular weight excluding hydrogens is 242 g/mol. The third kappa shape index (κ3) is 2.10. The van der Waals surface area contributed by atoms with Gasteiger partial charge in [-0.2, -0.15) is 0 Å². The summed E-state index contributed by atoms with van der Waals surface area (Å²) in [6.07, 6.45) is 1.29. The minimum Gasteiger partial charge on any atom is -0.445 e. The van der Waals surface area contributed by atoms with Crippen LogP contribution in [-0.2, 0) is 11.3 Å². The van der Waals surface area contributed by atoms with Crippen LogP contribution in [0.4, 0.5) is 4.79 Å². The van der Waals surface area contributed by atoms with Crippen LogP contribution in [0.25, 0.3) is 0 Å². The molecule has 1 aliphatic carbocycles. The summed E-state index contributed by atoms with van der Waals surface area (Å²) >= 11 is 0. The van der Waals surface area contributed by atoms with Gasteiger partial charge in [-0.1, -0.05) is 30.3 Å². The van der Waals surface area contributed by atoms with Crippen LogP contribution in [0.3, 0.4) is 0 Å². The van der Waals surface area contributed by atoms with E-state index in [0.717, 1.165) is 18.4 Å². The van der Waals surface area contributed by atoms with Gasteiger partial charge in [0, 0.05) is 12.0 Å². The Morgan fingerprint density at radius 1 is 1.37 bits per heavy atom. The molecule has 0 spiro atoms. The number of carbonyl (C=O) groups is 1. The van der Waals surface area contributed by atoms with Crippen molar-refractivity contribution in [2.45, 2.75) is 44.6 Å². The number of rotatable bonds is 2. The lowest BCUT2D eigenvalue weighted by molar-refractivity contribution is 0.0619. The van der Waals surface area contributed by atoms with Crippen LogP contribution in [0.5, 0.6) is 0 Å². The van der Waals surface area contributed by atoms with Crippen LogP contribution < -0.4 is 0 Å². The molecule has 0 aromatic heterocycles. The van der Waals surface area contributed by atoms with Crippen molar-refractivity contribution < 1.29 is 14.6 Å². The van der Waals surface area contributed by atoms with Gasteiger partial charge in [-0.15, -0.1) is 0 Å². The molecule has 19 heavy (non-hydrogen) atoms. The van der Waals surface area contributed by atoms with Gasteiger partial charge in [0.1, 0.15) is 6.61 Å². The summed E-state index contributed by atoms with van der Waals surface area (Å²) < 4.78 is 5.36. The van der Waals surface area contributed by atoms with Crippen molar-refractivity contribution in [1.82, 2.24) is 4.90 Å². The molecule has 1 aromatic carbocycles. The lowest BCUT2D eigenvalue weighted by Gasteiger charge is -2.36. The van der Waals surface area contributed by atoms with Crippen LogP contribution in [0.1, 0.15) is 25.3 Å². The number of hydrogen-bond donors (Lipinski definition) is 1. The molecule has 0 radical (unpaired) electrons. The van der Waals surface area contributed by atoms with Crippen LogP contribution in [0.15, 0.2) is 30.3 Å². The van der Waals surface area contributed by atoms with E-state index in [4.69, 9.17) is 4.74 Å². The third-order valence-electron chi connectivity index (χ3n) is 4.43. The van der Waals surface area contributed by atoms with Crippen LogP contribution in [-0.4, -0.2) is 34.3 Å². The van der Waals surface area contributed by atoms with Gasteiger partial charge in [0.15, 0.2) is 0 Å². The quantitative estimate of drug-likeness (QED) is 0.887. The molecule has 1 aliphatic heterocycles. The highest BCUT2D eigenvalue weighted by Crippen LogP contribution is 2.43. The molecule has 1 saturated carbocycles. The van der Waals surface area contributed by atoms with Crippen molar-refractivity contribution in [3.63, 3.8) is 0 Å². The van der Waals surface area contributed by atoms with E-state index >= 15 is 0 Å². The summed E-state index contributed by atoms with van der Waals surface area (Å²) in [5.41, 5.74) is 0.980. The standard InChI is InChI=1S/C15H19NO3/c1-10-14(17)12-7-8-13(12)16(10)15(18)19-9-11-5-3-2-4-6-11/h2-6,10,12-14,17H,7-9H2,1H3/t10?,12-,13+,14?/m0/s1. The lowest BCUT2D eigenvalue weighted by Crippen LogP contribution is -2.45. The Hall–Kier alpha value is -1.55. The number of amides is 1. The Morgan fingerprint density at radius 2 is 2.11 bits per heavy atom. The Kier molecular flexibility index (Phi) is 3.19. The van der Waals surface area contributed by atoms with Crippen LogP contribution >= 0.6 is 0 Å². The van der Waals surface area contributed by atoms with Crippen molar-refractivity contribution >= 4 is 6.09 Å². The fourth-order valence-electron chi connectivity index (χ4n) is 3.17. The number of likely N-dealkylation sites (tertiary alicyclic amines) is 1. The molecular formula is C15H19NO3. The van der Waals surface area contributed by atoms with E-state index in [0.29, 0.717) is 0 Å². The van der Waals surface area contributed by atoms with Crippen molar-refractivity contribution in [3.05, 3.63) is 35.9 Å². The van der Waals surface area contributed by atoms with E-state index in [1.54, 1.807) is 4.90 Å². The topological polar surface area (TPSA) is 49.8 Å². The predicted molar refractivity (Wildman–Crippen MR) is 70.4 cm³/mol. The molecule has 4 nitrogen and oxygen atoms in total. The summed E-state index contributed by atoms with van der Waals surface area (Å²) in [4.78, 5) is 13.9. The maximum Gasteiger partial charge on any atom is 0.410 e. The number of carbonyl (C=O) groups excluding carboxylic acids is 1. The molecule has 1 amide bonds. The first-order valence-corrected chi connectivity index (χ1v) is 6.85. The van der Waals surface area contributed by atoms with E-state index in [1.165, 1.54) is 0 Å². The van der Waals surface area contributed by atoms with Gasteiger partial charge in [0.2, 0.25) is 0 Å². The molecule has 1 heterocycles. The van der Waals surface area contributed by atoms with E-state index in [2.05, 4.69) is 0 Å². The molecule has 2 aliphatic rings. The van der Waals surface area contributed by atoms with Gasteiger partial charge in [0.05, 0.1) is 12.1 Å². The molecule has 1 N–H and O–H groups in total. The molecule has 4 atom stereocenters. The Bertz CT molecular complexity index is 456. The van der Waals surface area contributed by atoms with Crippen molar-refractivity contribution in [2.24, 2.45) is 5.92 Å². The smallest absolute Gasteiger partial charge is 0.410 e. The van der Waals surface area contributed by atoms with Crippen molar-refractivity contribution in [3.8, 4) is 0 Å². The molecule has 1 saturated heterocycles. The van der Waals surface area contributed by atoms with Gasteiger partial charge in [-0.05, 0) is 25.3 Å². The highest BCUT2D eigenvalue weighted by molar-refractivity contribution is 5.69. The highest BCUT2D eigenvalue weighted by atomic mass is 16.6.